The zero-order valence-electron chi connectivity index (χ0n) is 13.6. The van der Waals surface area contributed by atoms with Crippen LogP contribution in [0, 0.1) is 5.41 Å². The molecule has 2 fully saturated rings. The molecular weight excluding hydrogens is 324 g/mol. The first-order valence-electron chi connectivity index (χ1n) is 8.40. The average molecular weight is 346 g/mol. The zero-order chi connectivity index (χ0) is 16.6. The van der Waals surface area contributed by atoms with Crippen molar-refractivity contribution in [3.63, 3.8) is 0 Å². The molecule has 128 valence electrons. The van der Waals surface area contributed by atoms with Gasteiger partial charge < -0.3 is 5.32 Å². The van der Waals surface area contributed by atoms with E-state index in [1.807, 2.05) is 12.3 Å². The summed E-state index contributed by atoms with van der Waals surface area (Å²) >= 11 is 0. The fraction of sp³-hybridized carbons (Fsp3) is 0.471. The molecule has 1 aromatic carbocycles. The topological polar surface area (TPSA) is 67.2 Å². The van der Waals surface area contributed by atoms with Gasteiger partial charge in [-0.3, -0.25) is 0 Å². The molecule has 0 aliphatic carbocycles. The molecule has 1 N–H and O–H groups in total. The highest BCUT2D eigenvalue weighted by Gasteiger charge is 2.41. The molecule has 1 aromatic heterocycles. The Morgan fingerprint density at radius 2 is 2.00 bits per heavy atom. The molecule has 24 heavy (non-hydrogen) atoms. The number of nitrogens with one attached hydrogen (secondary N) is 1. The molecule has 0 saturated carbocycles. The van der Waals surface area contributed by atoms with Gasteiger partial charge >= 0.3 is 0 Å². The van der Waals surface area contributed by atoms with Crippen molar-refractivity contribution in [1.29, 1.82) is 0 Å². The summed E-state index contributed by atoms with van der Waals surface area (Å²) < 4.78 is 29.4. The molecule has 7 heteroatoms. The van der Waals surface area contributed by atoms with Crippen molar-refractivity contribution in [3.05, 3.63) is 42.7 Å². The van der Waals surface area contributed by atoms with Crippen LogP contribution in [0.15, 0.2) is 47.6 Å². The Hall–Kier alpha value is -1.70. The van der Waals surface area contributed by atoms with E-state index in [0.29, 0.717) is 18.0 Å². The third-order valence-corrected chi connectivity index (χ3v) is 7.06. The highest BCUT2D eigenvalue weighted by atomic mass is 32.2. The summed E-state index contributed by atoms with van der Waals surface area (Å²) in [6, 6.07) is 8.81. The van der Waals surface area contributed by atoms with Crippen LogP contribution < -0.4 is 5.32 Å². The molecule has 0 bridgehead atoms. The zero-order valence-corrected chi connectivity index (χ0v) is 14.4. The largest absolute Gasteiger partial charge is 0.316 e. The average Bonchev–Trinajstić information content (AvgIpc) is 3.28. The highest BCUT2D eigenvalue weighted by Crippen LogP contribution is 2.37. The summed E-state index contributed by atoms with van der Waals surface area (Å²) in [5.41, 5.74) is 0.981. The van der Waals surface area contributed by atoms with E-state index in [1.54, 1.807) is 39.4 Å². The fourth-order valence-corrected chi connectivity index (χ4v) is 5.44. The number of sulfonamides is 1. The van der Waals surface area contributed by atoms with Gasteiger partial charge in [0.15, 0.2) is 0 Å². The van der Waals surface area contributed by atoms with Gasteiger partial charge in [0.25, 0.3) is 0 Å². The summed E-state index contributed by atoms with van der Waals surface area (Å²) in [7, 11) is -3.44. The van der Waals surface area contributed by atoms with Crippen molar-refractivity contribution >= 4 is 10.0 Å². The first-order chi connectivity index (χ1) is 11.6. The lowest BCUT2D eigenvalue weighted by Crippen LogP contribution is -2.47. The third kappa shape index (κ3) is 2.76. The molecule has 0 radical (unpaired) electrons. The SMILES string of the molecule is O=S(=O)(c1ccc(-n2cccn2)cc1)N1CCC[C@@]2(CCNC2)C1. The molecule has 1 spiro atoms. The van der Waals surface area contributed by atoms with E-state index in [-0.39, 0.29) is 5.41 Å². The fourth-order valence-electron chi connectivity index (χ4n) is 3.85. The van der Waals surface area contributed by atoms with Crippen molar-refractivity contribution in [2.45, 2.75) is 24.2 Å². The van der Waals surface area contributed by atoms with E-state index in [4.69, 9.17) is 0 Å². The number of hydrogen-bond donors (Lipinski definition) is 1. The second kappa shape index (κ2) is 5.98. The van der Waals surface area contributed by atoms with Crippen molar-refractivity contribution in [3.8, 4) is 5.69 Å². The molecule has 2 aliphatic rings. The van der Waals surface area contributed by atoms with E-state index >= 15 is 0 Å². The first kappa shape index (κ1) is 15.8. The summed E-state index contributed by atoms with van der Waals surface area (Å²) in [4.78, 5) is 0.362. The molecule has 6 nitrogen and oxygen atoms in total. The lowest BCUT2D eigenvalue weighted by molar-refractivity contribution is 0.166. The van der Waals surface area contributed by atoms with Crippen molar-refractivity contribution in [2.75, 3.05) is 26.2 Å². The van der Waals surface area contributed by atoms with Gasteiger partial charge in [0.1, 0.15) is 0 Å². The summed E-state index contributed by atoms with van der Waals surface area (Å²) in [5.74, 6) is 0. The molecule has 2 aromatic rings. The number of rotatable bonds is 3. The van der Waals surface area contributed by atoms with Crippen LogP contribution in [0.5, 0.6) is 0 Å². The summed E-state index contributed by atoms with van der Waals surface area (Å²) in [6.07, 6.45) is 6.66. The number of nitrogens with zero attached hydrogens (tertiary/aromatic N) is 3. The minimum absolute atomic E-state index is 0.125. The minimum atomic E-state index is -3.44. The van der Waals surface area contributed by atoms with E-state index in [1.165, 1.54) is 0 Å². The third-order valence-electron chi connectivity index (χ3n) is 5.20. The Labute approximate surface area is 142 Å². The number of aromatic nitrogens is 2. The Morgan fingerprint density at radius 1 is 1.17 bits per heavy atom. The molecule has 0 amide bonds. The first-order valence-corrected chi connectivity index (χ1v) is 9.84. The predicted octanol–water partition coefficient (Wildman–Crippen LogP) is 1.64. The Morgan fingerprint density at radius 3 is 2.67 bits per heavy atom. The van der Waals surface area contributed by atoms with Crippen LogP contribution in [-0.2, 0) is 10.0 Å². The monoisotopic (exact) mass is 346 g/mol. The Balaban J connectivity index is 1.58. The highest BCUT2D eigenvalue weighted by molar-refractivity contribution is 7.89. The minimum Gasteiger partial charge on any atom is -0.316 e. The van der Waals surface area contributed by atoms with Gasteiger partial charge in [-0.1, -0.05) is 0 Å². The van der Waals surface area contributed by atoms with E-state index < -0.39 is 10.0 Å². The molecule has 2 saturated heterocycles. The second-order valence-corrected chi connectivity index (χ2v) is 8.75. The van der Waals surface area contributed by atoms with Crippen molar-refractivity contribution in [1.82, 2.24) is 19.4 Å². The van der Waals surface area contributed by atoms with E-state index in [2.05, 4.69) is 10.4 Å². The van der Waals surface area contributed by atoms with Crippen molar-refractivity contribution in [2.24, 2.45) is 5.41 Å². The van der Waals surface area contributed by atoms with Gasteiger partial charge in [0.2, 0.25) is 10.0 Å². The van der Waals surface area contributed by atoms with Crippen molar-refractivity contribution < 1.29 is 8.42 Å². The quantitative estimate of drug-likeness (QED) is 0.917. The maximum atomic E-state index is 13.0. The summed E-state index contributed by atoms with van der Waals surface area (Å²) in [6.45, 7) is 3.16. The summed E-state index contributed by atoms with van der Waals surface area (Å²) in [5, 5.41) is 7.55. The van der Waals surface area contributed by atoms with Gasteiger partial charge in [-0.15, -0.1) is 0 Å². The maximum absolute atomic E-state index is 13.0. The normalized spacial score (nSPS) is 25.3. The number of hydrogen-bond acceptors (Lipinski definition) is 4. The number of benzene rings is 1. The Kier molecular flexibility index (Phi) is 3.94. The van der Waals surface area contributed by atoms with Gasteiger partial charge in [-0.05, 0) is 61.6 Å². The van der Waals surface area contributed by atoms with Gasteiger partial charge in [0, 0.05) is 32.0 Å². The Bertz CT molecular complexity index is 794. The van der Waals surface area contributed by atoms with Crippen LogP contribution in [0.4, 0.5) is 0 Å². The standard InChI is InChI=1S/C17H22N4O2S/c22-24(23,20-11-1-7-17(14-20)8-10-18-13-17)16-5-3-15(4-6-16)21-12-2-9-19-21/h2-6,9,12,18H,1,7-8,10-11,13-14H2/t17-/m0/s1. The van der Waals surface area contributed by atoms with Gasteiger partial charge in [0.05, 0.1) is 10.6 Å². The molecule has 2 aliphatic heterocycles. The molecule has 0 unspecified atom stereocenters. The van der Waals surface area contributed by atoms with Crippen LogP contribution in [0.2, 0.25) is 0 Å². The second-order valence-electron chi connectivity index (χ2n) is 6.81. The van der Waals surface area contributed by atoms with Gasteiger partial charge in [-0.2, -0.15) is 9.40 Å². The lowest BCUT2D eigenvalue weighted by Gasteiger charge is -2.39. The van der Waals surface area contributed by atoms with Crippen LogP contribution in [0.1, 0.15) is 19.3 Å². The molecule has 4 rings (SSSR count). The molecular formula is C17H22N4O2S. The van der Waals surface area contributed by atoms with Crippen LogP contribution >= 0.6 is 0 Å². The van der Waals surface area contributed by atoms with E-state index in [9.17, 15) is 8.42 Å². The smallest absolute Gasteiger partial charge is 0.243 e. The molecule has 3 heterocycles. The maximum Gasteiger partial charge on any atom is 0.243 e. The molecule has 1 atom stereocenters. The predicted molar refractivity (Wildman–Crippen MR) is 91.5 cm³/mol. The van der Waals surface area contributed by atoms with Crippen LogP contribution in [0.25, 0.3) is 5.69 Å². The van der Waals surface area contributed by atoms with Gasteiger partial charge in [-0.25, -0.2) is 13.1 Å². The number of piperidine rings is 1. The lowest BCUT2D eigenvalue weighted by atomic mass is 9.80. The van der Waals surface area contributed by atoms with Crippen LogP contribution in [0.3, 0.4) is 0 Å². The van der Waals surface area contributed by atoms with Crippen LogP contribution in [-0.4, -0.2) is 48.7 Å². The van der Waals surface area contributed by atoms with E-state index in [0.717, 1.165) is 38.0 Å².